The highest BCUT2D eigenvalue weighted by Crippen LogP contribution is 2.34. The van der Waals surface area contributed by atoms with E-state index in [1.54, 1.807) is 32.9 Å². The highest BCUT2D eigenvalue weighted by atomic mass is 32.1. The van der Waals surface area contributed by atoms with E-state index < -0.39 is 35.6 Å². The quantitative estimate of drug-likeness (QED) is 0.461. The van der Waals surface area contributed by atoms with Crippen molar-refractivity contribution in [3.05, 3.63) is 35.7 Å². The van der Waals surface area contributed by atoms with Crippen molar-refractivity contribution in [1.29, 1.82) is 0 Å². The summed E-state index contributed by atoms with van der Waals surface area (Å²) in [5.74, 6) is -2.38. The summed E-state index contributed by atoms with van der Waals surface area (Å²) in [5.41, 5.74) is 0.676. The largest absolute Gasteiger partial charge is 0.444 e. The molecule has 2 aromatic rings. The van der Waals surface area contributed by atoms with Gasteiger partial charge in [-0.3, -0.25) is 19.7 Å². The van der Waals surface area contributed by atoms with Gasteiger partial charge in [0.05, 0.1) is 5.69 Å². The molecule has 0 saturated carbocycles. The van der Waals surface area contributed by atoms with Crippen molar-refractivity contribution in [2.75, 3.05) is 17.7 Å². The molecule has 0 radical (unpaired) electrons. The van der Waals surface area contributed by atoms with Gasteiger partial charge in [0.25, 0.3) is 17.9 Å². The number of hydrogen-bond acceptors (Lipinski definition) is 7. The minimum absolute atomic E-state index is 0.321. The molecule has 0 saturated heterocycles. The summed E-state index contributed by atoms with van der Waals surface area (Å²) in [5, 5.41) is 9.39. The Morgan fingerprint density at radius 1 is 1.03 bits per heavy atom. The minimum atomic E-state index is -1.67. The second-order valence-corrected chi connectivity index (χ2v) is 8.41. The van der Waals surface area contributed by atoms with Gasteiger partial charge in [-0.2, -0.15) is 0 Å². The number of carbonyl (C=O) groups excluding carboxylic acids is 4. The standard InChI is InChI=1S/C21H25N3O6S/c1-12(25)29-17(18(26)22-5)19(27)24-15-11-13(23-20(28)30-21(2,3)4)8-9-14(15)16-7-6-10-31-16/h6-11,17H,1-5H3,(H,22,26)(H,23,28)(H,24,27). The predicted molar refractivity (Wildman–Crippen MR) is 118 cm³/mol. The lowest BCUT2D eigenvalue weighted by molar-refractivity contribution is -0.158. The van der Waals surface area contributed by atoms with Gasteiger partial charge in [-0.25, -0.2) is 4.79 Å². The highest BCUT2D eigenvalue weighted by molar-refractivity contribution is 7.13. The monoisotopic (exact) mass is 447 g/mol. The van der Waals surface area contributed by atoms with Crippen LogP contribution in [0, 0.1) is 0 Å². The molecule has 2 rings (SSSR count). The van der Waals surface area contributed by atoms with E-state index in [1.165, 1.54) is 24.5 Å². The molecule has 0 aliphatic rings. The fourth-order valence-electron chi connectivity index (χ4n) is 2.52. The maximum atomic E-state index is 12.7. The van der Waals surface area contributed by atoms with Gasteiger partial charge in [0.1, 0.15) is 5.60 Å². The average Bonchev–Trinajstić information content (AvgIpc) is 3.18. The molecule has 3 amide bonds. The summed E-state index contributed by atoms with van der Waals surface area (Å²) in [6, 6.07) is 8.63. The third-order valence-corrected chi connectivity index (χ3v) is 4.62. The van der Waals surface area contributed by atoms with Crippen LogP contribution >= 0.6 is 11.3 Å². The smallest absolute Gasteiger partial charge is 0.412 e. The van der Waals surface area contributed by atoms with Crippen molar-refractivity contribution in [2.24, 2.45) is 0 Å². The second kappa shape index (κ2) is 10.1. The summed E-state index contributed by atoms with van der Waals surface area (Å²) in [6.45, 7) is 6.33. The SMILES string of the molecule is CNC(=O)C(OC(C)=O)C(=O)Nc1cc(NC(=O)OC(C)(C)C)ccc1-c1cccs1. The van der Waals surface area contributed by atoms with Gasteiger partial charge in [0.2, 0.25) is 0 Å². The van der Waals surface area contributed by atoms with Crippen LogP contribution in [-0.4, -0.2) is 42.6 Å². The van der Waals surface area contributed by atoms with Crippen LogP contribution in [0.2, 0.25) is 0 Å². The van der Waals surface area contributed by atoms with Gasteiger partial charge >= 0.3 is 12.1 Å². The van der Waals surface area contributed by atoms with Crippen molar-refractivity contribution in [3.63, 3.8) is 0 Å². The Hall–Kier alpha value is -3.40. The second-order valence-electron chi connectivity index (χ2n) is 7.46. The molecule has 3 N–H and O–H groups in total. The first kappa shape index (κ1) is 23.9. The number of esters is 1. The molecule has 0 fully saturated rings. The maximum Gasteiger partial charge on any atom is 0.412 e. The number of hydrogen-bond donors (Lipinski definition) is 3. The molecular formula is C21H25N3O6S. The fourth-order valence-corrected chi connectivity index (χ4v) is 3.28. The lowest BCUT2D eigenvalue weighted by atomic mass is 10.1. The summed E-state index contributed by atoms with van der Waals surface area (Å²) in [7, 11) is 1.33. The summed E-state index contributed by atoms with van der Waals surface area (Å²) in [4.78, 5) is 49.0. The lowest BCUT2D eigenvalue weighted by Gasteiger charge is -2.20. The molecule has 166 valence electrons. The molecule has 0 spiro atoms. The van der Waals surface area contributed by atoms with Crippen molar-refractivity contribution >= 4 is 46.6 Å². The zero-order valence-electron chi connectivity index (χ0n) is 17.9. The molecule has 1 aromatic heterocycles. The molecule has 31 heavy (non-hydrogen) atoms. The van der Waals surface area contributed by atoms with Gasteiger partial charge in [-0.1, -0.05) is 6.07 Å². The number of anilines is 2. The zero-order chi connectivity index (χ0) is 23.2. The normalized spacial score (nSPS) is 11.8. The summed E-state index contributed by atoms with van der Waals surface area (Å²) >= 11 is 1.45. The van der Waals surface area contributed by atoms with Crippen molar-refractivity contribution < 1.29 is 28.7 Å². The zero-order valence-corrected chi connectivity index (χ0v) is 18.7. The van der Waals surface area contributed by atoms with E-state index in [1.807, 2.05) is 17.5 Å². The number of ether oxygens (including phenoxy) is 2. The summed E-state index contributed by atoms with van der Waals surface area (Å²) < 4.78 is 10.1. The Morgan fingerprint density at radius 3 is 2.29 bits per heavy atom. The third kappa shape index (κ3) is 7.10. The van der Waals surface area contributed by atoms with Gasteiger partial charge in [0.15, 0.2) is 0 Å². The van der Waals surface area contributed by atoms with Gasteiger partial charge in [0, 0.05) is 30.1 Å². The van der Waals surface area contributed by atoms with E-state index in [-0.39, 0.29) is 0 Å². The minimum Gasteiger partial charge on any atom is -0.444 e. The first-order valence-electron chi connectivity index (χ1n) is 9.38. The van der Waals surface area contributed by atoms with Crippen LogP contribution in [0.3, 0.4) is 0 Å². The van der Waals surface area contributed by atoms with Crippen LogP contribution in [0.1, 0.15) is 27.7 Å². The number of thiophene rings is 1. The van der Waals surface area contributed by atoms with E-state index in [4.69, 9.17) is 9.47 Å². The van der Waals surface area contributed by atoms with Crippen LogP contribution in [0.4, 0.5) is 16.2 Å². The van der Waals surface area contributed by atoms with E-state index >= 15 is 0 Å². The van der Waals surface area contributed by atoms with Gasteiger partial charge in [-0.05, 0) is 50.4 Å². The number of rotatable bonds is 6. The Balaban J connectivity index is 2.35. The molecule has 1 unspecified atom stereocenters. The van der Waals surface area contributed by atoms with Crippen LogP contribution in [0.15, 0.2) is 35.7 Å². The number of benzene rings is 1. The molecule has 0 aliphatic heterocycles. The van der Waals surface area contributed by atoms with Crippen LogP contribution in [-0.2, 0) is 23.9 Å². The molecule has 9 nitrogen and oxygen atoms in total. The fraction of sp³-hybridized carbons (Fsp3) is 0.333. The number of nitrogens with one attached hydrogen (secondary N) is 3. The van der Waals surface area contributed by atoms with Crippen molar-refractivity contribution in [2.45, 2.75) is 39.4 Å². The number of carbonyl (C=O) groups is 4. The first-order chi connectivity index (χ1) is 14.5. The van der Waals surface area contributed by atoms with E-state index in [0.29, 0.717) is 16.9 Å². The molecule has 10 heteroatoms. The Morgan fingerprint density at radius 2 is 1.74 bits per heavy atom. The summed E-state index contributed by atoms with van der Waals surface area (Å²) in [6.07, 6.45) is -2.32. The Labute approximate surface area is 184 Å². The Bertz CT molecular complexity index is 966. The molecule has 0 aliphatic carbocycles. The van der Waals surface area contributed by atoms with E-state index in [9.17, 15) is 19.2 Å². The van der Waals surface area contributed by atoms with E-state index in [0.717, 1.165) is 11.8 Å². The molecule has 0 bridgehead atoms. The van der Waals surface area contributed by atoms with Crippen molar-refractivity contribution in [3.8, 4) is 10.4 Å². The van der Waals surface area contributed by atoms with E-state index in [2.05, 4.69) is 16.0 Å². The van der Waals surface area contributed by atoms with Crippen LogP contribution in [0.25, 0.3) is 10.4 Å². The molecular weight excluding hydrogens is 422 g/mol. The van der Waals surface area contributed by atoms with Crippen LogP contribution < -0.4 is 16.0 Å². The first-order valence-corrected chi connectivity index (χ1v) is 10.3. The number of likely N-dealkylation sites (N-methyl/N-ethyl adjacent to an activating group) is 1. The maximum absolute atomic E-state index is 12.7. The number of amides is 3. The third-order valence-electron chi connectivity index (χ3n) is 3.72. The van der Waals surface area contributed by atoms with Gasteiger partial charge in [-0.15, -0.1) is 11.3 Å². The topological polar surface area (TPSA) is 123 Å². The lowest BCUT2D eigenvalue weighted by Crippen LogP contribution is -2.44. The van der Waals surface area contributed by atoms with Gasteiger partial charge < -0.3 is 20.1 Å². The van der Waals surface area contributed by atoms with Crippen molar-refractivity contribution in [1.82, 2.24) is 5.32 Å². The average molecular weight is 448 g/mol. The highest BCUT2D eigenvalue weighted by Gasteiger charge is 2.30. The Kier molecular flexibility index (Phi) is 7.76. The predicted octanol–water partition coefficient (Wildman–Crippen LogP) is 3.38. The molecule has 1 aromatic carbocycles. The molecule has 1 atom stereocenters. The van der Waals surface area contributed by atoms with Crippen LogP contribution in [0.5, 0.6) is 0 Å². The molecule has 1 heterocycles.